The molecule has 1 heterocycles. The van der Waals surface area contributed by atoms with Crippen LogP contribution in [-0.2, 0) is 10.0 Å². The summed E-state index contributed by atoms with van der Waals surface area (Å²) in [5, 5.41) is 0. The Morgan fingerprint density at radius 2 is 1.55 bits per heavy atom. The third-order valence-electron chi connectivity index (χ3n) is 5.80. The Labute approximate surface area is 173 Å². The zero-order valence-corrected chi connectivity index (χ0v) is 18.1. The first-order valence-corrected chi connectivity index (χ1v) is 11.6. The molecule has 2 fully saturated rings. The van der Waals surface area contributed by atoms with Crippen molar-refractivity contribution in [2.45, 2.75) is 37.6 Å². The van der Waals surface area contributed by atoms with Crippen molar-refractivity contribution in [2.75, 3.05) is 42.9 Å². The maximum Gasteiger partial charge on any atom is 0.262 e. The molecule has 0 atom stereocenters. The number of rotatable bonds is 6. The van der Waals surface area contributed by atoms with Gasteiger partial charge in [0.05, 0.1) is 12.0 Å². The van der Waals surface area contributed by atoms with E-state index in [0.717, 1.165) is 37.9 Å². The number of hydrogen-bond acceptors (Lipinski definition) is 5. The van der Waals surface area contributed by atoms with Crippen LogP contribution in [0.25, 0.3) is 0 Å². The fourth-order valence-electron chi connectivity index (χ4n) is 4.18. The van der Waals surface area contributed by atoms with Gasteiger partial charge in [-0.05, 0) is 74.2 Å². The third-order valence-corrected chi connectivity index (χ3v) is 7.49. The Morgan fingerprint density at radius 3 is 2.07 bits per heavy atom. The van der Waals surface area contributed by atoms with Gasteiger partial charge in [-0.3, -0.25) is 9.62 Å². The Morgan fingerprint density at radius 1 is 0.966 bits per heavy atom. The minimum atomic E-state index is -3.67. The topological polar surface area (TPSA) is 61.9 Å². The second-order valence-corrected chi connectivity index (χ2v) is 9.62. The Kier molecular flexibility index (Phi) is 5.44. The molecular weight excluding hydrogens is 386 g/mol. The lowest BCUT2D eigenvalue weighted by molar-refractivity contribution is 0.248. The lowest BCUT2D eigenvalue weighted by Gasteiger charge is -2.36. The van der Waals surface area contributed by atoms with E-state index in [0.29, 0.717) is 27.5 Å². The van der Waals surface area contributed by atoms with E-state index >= 15 is 0 Å². The highest BCUT2D eigenvalue weighted by molar-refractivity contribution is 7.92. The number of aryl methyl sites for hydroxylation is 2. The third kappa shape index (κ3) is 4.36. The van der Waals surface area contributed by atoms with Crippen molar-refractivity contribution < 1.29 is 13.2 Å². The highest BCUT2D eigenvalue weighted by atomic mass is 32.2. The van der Waals surface area contributed by atoms with Gasteiger partial charge in [-0.25, -0.2) is 8.42 Å². The van der Waals surface area contributed by atoms with Crippen molar-refractivity contribution in [3.8, 4) is 5.75 Å². The van der Waals surface area contributed by atoms with Gasteiger partial charge in [-0.2, -0.15) is 0 Å². The maximum absolute atomic E-state index is 13.0. The van der Waals surface area contributed by atoms with Gasteiger partial charge in [-0.15, -0.1) is 0 Å². The molecule has 6 nitrogen and oxygen atoms in total. The van der Waals surface area contributed by atoms with Crippen LogP contribution in [0, 0.1) is 13.8 Å². The van der Waals surface area contributed by atoms with Gasteiger partial charge in [0.25, 0.3) is 10.0 Å². The molecule has 0 aromatic heterocycles. The number of ether oxygens (including phenoxy) is 1. The van der Waals surface area contributed by atoms with E-state index < -0.39 is 10.0 Å². The summed E-state index contributed by atoms with van der Waals surface area (Å²) in [6.45, 7) is 7.82. The standard InChI is InChI=1S/C22H29N3O3S/c1-16-14-21(28-3)15-17(2)22(16)29(26,27)23-18-4-6-19(7-5-18)24-10-12-25(13-11-24)20-8-9-20/h4-7,14-15,20,23H,8-13H2,1-3H3. The molecule has 0 spiro atoms. The number of hydrogen-bond donors (Lipinski definition) is 1. The molecule has 1 saturated heterocycles. The average molecular weight is 416 g/mol. The first-order chi connectivity index (χ1) is 13.9. The molecule has 0 bridgehead atoms. The molecule has 2 aliphatic rings. The molecule has 4 rings (SSSR count). The van der Waals surface area contributed by atoms with Crippen LogP contribution in [0.4, 0.5) is 11.4 Å². The van der Waals surface area contributed by atoms with Crippen molar-refractivity contribution in [3.63, 3.8) is 0 Å². The summed E-state index contributed by atoms with van der Waals surface area (Å²) >= 11 is 0. The van der Waals surface area contributed by atoms with E-state index in [1.54, 1.807) is 33.1 Å². The molecule has 29 heavy (non-hydrogen) atoms. The SMILES string of the molecule is COc1cc(C)c(S(=O)(=O)Nc2ccc(N3CCN(C4CC4)CC3)cc2)c(C)c1. The lowest BCUT2D eigenvalue weighted by atomic mass is 10.1. The minimum Gasteiger partial charge on any atom is -0.497 e. The zero-order chi connectivity index (χ0) is 20.6. The summed E-state index contributed by atoms with van der Waals surface area (Å²) in [6, 6.07) is 12.0. The van der Waals surface area contributed by atoms with E-state index in [9.17, 15) is 8.42 Å². The summed E-state index contributed by atoms with van der Waals surface area (Å²) in [5.41, 5.74) is 3.04. The van der Waals surface area contributed by atoms with Crippen LogP contribution in [-0.4, -0.2) is 52.6 Å². The second-order valence-electron chi connectivity index (χ2n) is 8.00. The number of nitrogens with one attached hydrogen (secondary N) is 1. The Bertz CT molecular complexity index is 954. The summed E-state index contributed by atoms with van der Waals surface area (Å²) in [6.07, 6.45) is 2.70. The molecule has 1 N–H and O–H groups in total. The molecule has 1 aliphatic heterocycles. The van der Waals surface area contributed by atoms with Gasteiger partial charge in [0.1, 0.15) is 5.75 Å². The normalized spacial score (nSPS) is 18.0. The van der Waals surface area contributed by atoms with Crippen LogP contribution in [0.3, 0.4) is 0 Å². The highest BCUT2D eigenvalue weighted by Crippen LogP contribution is 2.30. The van der Waals surface area contributed by atoms with E-state index in [-0.39, 0.29) is 0 Å². The van der Waals surface area contributed by atoms with Gasteiger partial charge in [0.2, 0.25) is 0 Å². The monoisotopic (exact) mass is 415 g/mol. The summed E-state index contributed by atoms with van der Waals surface area (Å²) in [5.74, 6) is 0.657. The largest absolute Gasteiger partial charge is 0.497 e. The quantitative estimate of drug-likeness (QED) is 0.784. The molecule has 0 amide bonds. The van der Waals surface area contributed by atoms with Gasteiger partial charge in [0, 0.05) is 43.6 Å². The molecule has 7 heteroatoms. The number of anilines is 2. The van der Waals surface area contributed by atoms with Gasteiger partial charge in [0.15, 0.2) is 0 Å². The second kappa shape index (κ2) is 7.88. The fraction of sp³-hybridized carbons (Fsp3) is 0.455. The highest BCUT2D eigenvalue weighted by Gasteiger charge is 2.31. The van der Waals surface area contributed by atoms with Crippen LogP contribution in [0.5, 0.6) is 5.75 Å². The van der Waals surface area contributed by atoms with Crippen LogP contribution in [0.15, 0.2) is 41.3 Å². The van der Waals surface area contributed by atoms with E-state index in [4.69, 9.17) is 4.74 Å². The Balaban J connectivity index is 1.46. The molecule has 0 radical (unpaired) electrons. The molecule has 2 aromatic rings. The van der Waals surface area contributed by atoms with Crippen LogP contribution in [0.2, 0.25) is 0 Å². The summed E-state index contributed by atoms with van der Waals surface area (Å²) < 4.78 is 33.9. The fourth-order valence-corrected chi connectivity index (χ4v) is 5.70. The number of sulfonamides is 1. The first-order valence-electron chi connectivity index (χ1n) is 10.1. The van der Waals surface area contributed by atoms with Gasteiger partial charge >= 0.3 is 0 Å². The summed E-state index contributed by atoms with van der Waals surface area (Å²) in [4.78, 5) is 5.26. The average Bonchev–Trinajstić information content (AvgIpc) is 3.53. The van der Waals surface area contributed by atoms with Crippen LogP contribution in [0.1, 0.15) is 24.0 Å². The number of benzene rings is 2. The lowest BCUT2D eigenvalue weighted by Crippen LogP contribution is -2.47. The minimum absolute atomic E-state index is 0.304. The van der Waals surface area contributed by atoms with Gasteiger partial charge in [-0.1, -0.05) is 0 Å². The molecule has 1 saturated carbocycles. The predicted octanol–water partition coefficient (Wildman–Crippen LogP) is 3.40. The molecule has 2 aromatic carbocycles. The molecule has 156 valence electrons. The Hall–Kier alpha value is -2.25. The van der Waals surface area contributed by atoms with Crippen LogP contribution < -0.4 is 14.4 Å². The van der Waals surface area contributed by atoms with E-state index in [1.165, 1.54) is 12.8 Å². The van der Waals surface area contributed by atoms with Crippen LogP contribution >= 0.6 is 0 Å². The molecule has 1 aliphatic carbocycles. The smallest absolute Gasteiger partial charge is 0.262 e. The number of methoxy groups -OCH3 is 1. The summed E-state index contributed by atoms with van der Waals surface area (Å²) in [7, 11) is -2.10. The number of nitrogens with zero attached hydrogens (tertiary/aromatic N) is 2. The van der Waals surface area contributed by atoms with Crippen molar-refractivity contribution in [3.05, 3.63) is 47.5 Å². The van der Waals surface area contributed by atoms with Crippen molar-refractivity contribution >= 4 is 21.4 Å². The maximum atomic E-state index is 13.0. The molecular formula is C22H29N3O3S. The van der Waals surface area contributed by atoms with Crippen molar-refractivity contribution in [2.24, 2.45) is 0 Å². The molecule has 0 unspecified atom stereocenters. The number of piperazine rings is 1. The van der Waals surface area contributed by atoms with Gasteiger partial charge < -0.3 is 9.64 Å². The zero-order valence-electron chi connectivity index (χ0n) is 17.3. The van der Waals surface area contributed by atoms with E-state index in [1.807, 2.05) is 24.3 Å². The van der Waals surface area contributed by atoms with Crippen molar-refractivity contribution in [1.82, 2.24) is 4.90 Å². The van der Waals surface area contributed by atoms with E-state index in [2.05, 4.69) is 14.5 Å². The first kappa shape index (κ1) is 20.0. The van der Waals surface area contributed by atoms with Crippen molar-refractivity contribution in [1.29, 1.82) is 0 Å². The predicted molar refractivity (Wildman–Crippen MR) is 117 cm³/mol.